The number of methoxy groups -OCH3 is 2. The average molecular weight is 857 g/mol. The summed E-state index contributed by atoms with van der Waals surface area (Å²) in [6, 6.07) is 25.7. The number of nitrogens with zero attached hydrogens (tertiary/aromatic N) is 4. The summed E-state index contributed by atoms with van der Waals surface area (Å²) in [5.74, 6) is 0.853. The maximum Gasteiger partial charge on any atom is 0.407 e. The molecule has 8 rings (SSSR count). The summed E-state index contributed by atoms with van der Waals surface area (Å²) in [5, 5.41) is 7.92. The van der Waals surface area contributed by atoms with Gasteiger partial charge in [0.05, 0.1) is 50.1 Å². The van der Waals surface area contributed by atoms with Crippen LogP contribution >= 0.6 is 11.6 Å². The zero-order valence-corrected chi connectivity index (χ0v) is 35.7. The Morgan fingerprint density at radius 1 is 0.677 bits per heavy atom. The number of ether oxygens (including phenoxy) is 2. The first-order chi connectivity index (χ1) is 30.0. The van der Waals surface area contributed by atoms with Crippen molar-refractivity contribution in [1.82, 2.24) is 40.4 Å². The number of carbonyl (C=O) groups excluding carboxylic acids is 4. The van der Waals surface area contributed by atoms with Gasteiger partial charge in [-0.3, -0.25) is 9.59 Å². The van der Waals surface area contributed by atoms with E-state index in [0.29, 0.717) is 29.5 Å². The van der Waals surface area contributed by atoms with Crippen LogP contribution in [0, 0.1) is 5.92 Å². The van der Waals surface area contributed by atoms with E-state index in [1.165, 1.54) is 14.2 Å². The van der Waals surface area contributed by atoms with Crippen LogP contribution < -0.4 is 10.6 Å². The summed E-state index contributed by atoms with van der Waals surface area (Å²) in [7, 11) is 2.55. The third kappa shape index (κ3) is 8.60. The van der Waals surface area contributed by atoms with Gasteiger partial charge in [0.2, 0.25) is 5.91 Å². The Kier molecular flexibility index (Phi) is 12.3. The van der Waals surface area contributed by atoms with Gasteiger partial charge in [-0.1, -0.05) is 92.2 Å². The maximum absolute atomic E-state index is 14.0. The molecule has 2 aliphatic heterocycles. The van der Waals surface area contributed by atoms with Crippen LogP contribution in [-0.2, 0) is 19.1 Å². The fourth-order valence-corrected chi connectivity index (χ4v) is 8.82. The van der Waals surface area contributed by atoms with Gasteiger partial charge in [-0.05, 0) is 77.3 Å². The van der Waals surface area contributed by atoms with E-state index in [-0.39, 0.29) is 29.8 Å². The van der Waals surface area contributed by atoms with Crippen molar-refractivity contribution in [3.63, 3.8) is 0 Å². The highest BCUT2D eigenvalue weighted by Crippen LogP contribution is 2.37. The largest absolute Gasteiger partial charge is 0.453 e. The first-order valence-electron chi connectivity index (χ1n) is 20.8. The molecule has 2 saturated heterocycles. The Morgan fingerprint density at radius 2 is 1.19 bits per heavy atom. The van der Waals surface area contributed by atoms with Gasteiger partial charge in [-0.15, -0.1) is 0 Å². The van der Waals surface area contributed by atoms with Gasteiger partial charge in [0.1, 0.15) is 23.7 Å². The minimum atomic E-state index is -1.02. The van der Waals surface area contributed by atoms with E-state index in [0.717, 1.165) is 75.9 Å². The summed E-state index contributed by atoms with van der Waals surface area (Å²) in [6.45, 7) is 4.90. The number of imidazole rings is 2. The SMILES string of the molecule is COC(=O)NC(C(=O)N1CCC[C@H]1c1ncc(-c2ccc(-c3ccc4cc(-c5cnc([C@@H]6CCCN6C(=O)C(NC(=O)OC)C(C)C)[nH]5)ccc4c3)cc2)[nH]1)c1ccccc1Cl. The number of amides is 4. The average Bonchev–Trinajstić information content (AvgIpc) is 4.14. The first-order valence-corrected chi connectivity index (χ1v) is 21.2. The predicted molar refractivity (Wildman–Crippen MR) is 236 cm³/mol. The topological polar surface area (TPSA) is 175 Å². The molecule has 2 fully saturated rings. The second kappa shape index (κ2) is 18.1. The van der Waals surface area contributed by atoms with Crippen LogP contribution in [-0.4, -0.2) is 87.1 Å². The van der Waals surface area contributed by atoms with E-state index in [4.69, 9.17) is 31.0 Å². The molecular weight excluding hydrogens is 808 g/mol. The van der Waals surface area contributed by atoms with Crippen molar-refractivity contribution in [1.29, 1.82) is 0 Å². The third-order valence-corrected chi connectivity index (χ3v) is 12.2. The predicted octanol–water partition coefficient (Wildman–Crippen LogP) is 8.75. The Labute approximate surface area is 364 Å². The van der Waals surface area contributed by atoms with E-state index < -0.39 is 24.3 Å². The number of hydrogen-bond donors (Lipinski definition) is 4. The molecule has 2 aromatic heterocycles. The number of hydrogen-bond acceptors (Lipinski definition) is 8. The highest BCUT2D eigenvalue weighted by atomic mass is 35.5. The monoisotopic (exact) mass is 856 g/mol. The van der Waals surface area contributed by atoms with Gasteiger partial charge in [0.25, 0.3) is 5.91 Å². The number of alkyl carbamates (subject to hydrolysis) is 2. The van der Waals surface area contributed by atoms with Gasteiger partial charge in [-0.2, -0.15) is 0 Å². The van der Waals surface area contributed by atoms with E-state index >= 15 is 0 Å². The lowest BCUT2D eigenvalue weighted by Crippen LogP contribution is -2.51. The molecule has 4 N–H and O–H groups in total. The third-order valence-electron chi connectivity index (χ3n) is 11.9. The number of fused-ring (bicyclic) bond motifs is 1. The van der Waals surface area contributed by atoms with E-state index in [1.54, 1.807) is 35.4 Å². The molecule has 320 valence electrons. The molecular formula is C47H49ClN8O6. The zero-order valence-electron chi connectivity index (χ0n) is 35.0. The Morgan fingerprint density at radius 3 is 1.79 bits per heavy atom. The molecule has 2 unspecified atom stereocenters. The summed E-state index contributed by atoms with van der Waals surface area (Å²) < 4.78 is 9.60. The number of likely N-dealkylation sites (tertiary alicyclic amines) is 2. The molecule has 62 heavy (non-hydrogen) atoms. The number of H-pyrrole nitrogens is 2. The van der Waals surface area contributed by atoms with Crippen LogP contribution in [0.3, 0.4) is 0 Å². The summed E-state index contributed by atoms with van der Waals surface area (Å²) in [5.41, 5.74) is 6.26. The van der Waals surface area contributed by atoms with Crippen molar-refractivity contribution in [3.8, 4) is 33.6 Å². The molecule has 4 aromatic carbocycles. The molecule has 4 amide bonds. The van der Waals surface area contributed by atoms with Crippen molar-refractivity contribution >= 4 is 46.4 Å². The minimum Gasteiger partial charge on any atom is -0.453 e. The van der Waals surface area contributed by atoms with Crippen LogP contribution in [0.4, 0.5) is 9.59 Å². The van der Waals surface area contributed by atoms with Gasteiger partial charge < -0.3 is 39.9 Å². The molecule has 0 bridgehead atoms. The molecule has 4 heterocycles. The van der Waals surface area contributed by atoms with Crippen LogP contribution in [0.15, 0.2) is 97.3 Å². The summed E-state index contributed by atoms with van der Waals surface area (Å²) >= 11 is 6.47. The molecule has 14 nitrogen and oxygen atoms in total. The fraction of sp³-hybridized carbons (Fsp3) is 0.319. The number of benzene rings is 4. The number of carbonyl (C=O) groups is 4. The van der Waals surface area contributed by atoms with Gasteiger partial charge in [0, 0.05) is 29.2 Å². The highest BCUT2D eigenvalue weighted by molar-refractivity contribution is 6.31. The lowest BCUT2D eigenvalue weighted by Gasteiger charge is -2.30. The zero-order chi connectivity index (χ0) is 43.5. The Hall–Kier alpha value is -6.67. The smallest absolute Gasteiger partial charge is 0.407 e. The molecule has 0 aliphatic carbocycles. The summed E-state index contributed by atoms with van der Waals surface area (Å²) in [6.07, 6.45) is 5.38. The van der Waals surface area contributed by atoms with Crippen LogP contribution in [0.2, 0.25) is 5.02 Å². The molecule has 0 saturated carbocycles. The maximum atomic E-state index is 14.0. The molecule has 15 heteroatoms. The van der Waals surface area contributed by atoms with Crippen LogP contribution in [0.5, 0.6) is 0 Å². The molecule has 6 aromatic rings. The van der Waals surface area contributed by atoms with E-state index in [9.17, 15) is 19.2 Å². The number of aromatic nitrogens is 4. The summed E-state index contributed by atoms with van der Waals surface area (Å²) in [4.78, 5) is 71.8. The van der Waals surface area contributed by atoms with Crippen molar-refractivity contribution in [2.75, 3.05) is 27.3 Å². The fourth-order valence-electron chi connectivity index (χ4n) is 8.57. The number of aromatic amines is 2. The van der Waals surface area contributed by atoms with Crippen molar-refractivity contribution in [3.05, 3.63) is 120 Å². The lowest BCUT2D eigenvalue weighted by atomic mass is 9.98. The Balaban J connectivity index is 0.946. The number of rotatable bonds is 11. The van der Waals surface area contributed by atoms with Crippen LogP contribution in [0.1, 0.15) is 74.9 Å². The van der Waals surface area contributed by atoms with Gasteiger partial charge in [0.15, 0.2) is 0 Å². The normalized spacial score (nSPS) is 17.3. The van der Waals surface area contributed by atoms with Crippen LogP contribution in [0.25, 0.3) is 44.4 Å². The van der Waals surface area contributed by atoms with Crippen molar-refractivity contribution in [2.24, 2.45) is 5.92 Å². The van der Waals surface area contributed by atoms with Gasteiger partial charge in [-0.25, -0.2) is 19.6 Å². The van der Waals surface area contributed by atoms with Crippen molar-refractivity contribution < 1.29 is 28.7 Å². The second-order valence-corrected chi connectivity index (χ2v) is 16.5. The standard InChI is InChI=1S/C47H49ClN8O6/c1-27(2)40(53-46(59)61-3)44(57)55-21-7-11-38(55)43-50-26-37(52-43)33-20-19-31-23-30(17-18-32(31)24-33)28-13-15-29(16-14-28)36-25-49-42(51-36)39-12-8-22-56(39)45(58)41(54-47(60)62-4)34-9-5-6-10-35(34)48/h5-6,9-10,13-20,23-27,38-41H,7-8,11-12,21-22H2,1-4H3,(H,49,51)(H,50,52)(H,53,59)(H,54,60)/t38-,39-,40?,41?/m0/s1. The quantitative estimate of drug-likeness (QED) is 0.100. The van der Waals surface area contributed by atoms with Crippen molar-refractivity contribution in [2.45, 2.75) is 63.7 Å². The lowest BCUT2D eigenvalue weighted by molar-refractivity contribution is -0.135. The van der Waals surface area contributed by atoms with E-state index in [1.807, 2.05) is 24.9 Å². The number of halogens is 1. The molecule has 4 atom stereocenters. The highest BCUT2D eigenvalue weighted by Gasteiger charge is 2.39. The molecule has 0 radical (unpaired) electrons. The van der Waals surface area contributed by atoms with Gasteiger partial charge >= 0.3 is 12.2 Å². The second-order valence-electron chi connectivity index (χ2n) is 16.0. The molecule has 0 spiro atoms. The first kappa shape index (κ1) is 42.0. The number of nitrogens with one attached hydrogen (secondary N) is 4. The molecule has 2 aliphatic rings. The van der Waals surface area contributed by atoms with E-state index in [2.05, 4.69) is 81.3 Å². The Bertz CT molecular complexity index is 2610. The minimum absolute atomic E-state index is 0.111.